The zero-order valence-electron chi connectivity index (χ0n) is 11.8. The maximum Gasteiger partial charge on any atom is 0.322 e. The Morgan fingerprint density at radius 2 is 1.86 bits per heavy atom. The van der Waals surface area contributed by atoms with E-state index in [1.54, 1.807) is 0 Å². The Bertz CT molecular complexity index is 408. The number of nitrogens with two attached hydrogens (primary N) is 3. The highest BCUT2D eigenvalue weighted by atomic mass is 16.4. The molecule has 2 amide bonds. The van der Waals surface area contributed by atoms with Gasteiger partial charge in [0.1, 0.15) is 12.6 Å². The van der Waals surface area contributed by atoms with Gasteiger partial charge in [-0.05, 0) is 19.8 Å². The van der Waals surface area contributed by atoms with Gasteiger partial charge in [-0.25, -0.2) is 0 Å². The molecule has 0 heterocycles. The van der Waals surface area contributed by atoms with E-state index in [-0.39, 0.29) is 5.96 Å². The lowest BCUT2D eigenvalue weighted by Crippen LogP contribution is -2.50. The van der Waals surface area contributed by atoms with E-state index < -0.39 is 36.4 Å². The number of carbonyl (C=O) groups excluding carboxylic acids is 2. The van der Waals surface area contributed by atoms with Crippen LogP contribution in [-0.4, -0.2) is 54.0 Å². The number of carboxylic acids is 1. The van der Waals surface area contributed by atoms with Crippen LogP contribution in [0.15, 0.2) is 4.99 Å². The number of aliphatic imine (C=N–C) groups is 1. The number of rotatable bonds is 9. The van der Waals surface area contributed by atoms with Crippen LogP contribution < -0.4 is 27.8 Å². The Balaban J connectivity index is 4.07. The quantitative estimate of drug-likeness (QED) is 0.149. The molecular formula is C11H22N6O4. The Labute approximate surface area is 122 Å². The van der Waals surface area contributed by atoms with Gasteiger partial charge in [0.2, 0.25) is 11.8 Å². The Morgan fingerprint density at radius 1 is 1.24 bits per heavy atom. The van der Waals surface area contributed by atoms with Crippen molar-refractivity contribution in [3.8, 4) is 0 Å². The van der Waals surface area contributed by atoms with E-state index in [1.165, 1.54) is 6.92 Å². The van der Waals surface area contributed by atoms with Crippen LogP contribution >= 0.6 is 0 Å². The molecule has 0 rings (SSSR count). The summed E-state index contributed by atoms with van der Waals surface area (Å²) in [7, 11) is 0. The molecule has 21 heavy (non-hydrogen) atoms. The maximum absolute atomic E-state index is 11.7. The van der Waals surface area contributed by atoms with Crippen LogP contribution in [0.5, 0.6) is 0 Å². The van der Waals surface area contributed by atoms with Crippen LogP contribution in [0.3, 0.4) is 0 Å². The number of carboxylic acid groups (broad SMARTS) is 1. The third-order valence-corrected chi connectivity index (χ3v) is 2.47. The molecule has 0 saturated carbocycles. The van der Waals surface area contributed by atoms with Crippen LogP contribution in [-0.2, 0) is 14.4 Å². The number of amides is 2. The molecule has 0 radical (unpaired) electrons. The van der Waals surface area contributed by atoms with E-state index in [4.69, 9.17) is 22.3 Å². The summed E-state index contributed by atoms with van der Waals surface area (Å²) in [6.07, 6.45) is 0.873. The van der Waals surface area contributed by atoms with Crippen molar-refractivity contribution in [1.82, 2.24) is 10.6 Å². The molecule has 10 heteroatoms. The maximum atomic E-state index is 11.7. The van der Waals surface area contributed by atoms with E-state index in [0.717, 1.165) is 0 Å². The van der Waals surface area contributed by atoms with Gasteiger partial charge < -0.3 is 32.9 Å². The fraction of sp³-hybridized carbons (Fsp3) is 0.636. The van der Waals surface area contributed by atoms with Crippen molar-refractivity contribution in [2.24, 2.45) is 22.2 Å². The fourth-order valence-electron chi connectivity index (χ4n) is 1.35. The van der Waals surface area contributed by atoms with Crippen molar-refractivity contribution in [2.45, 2.75) is 31.8 Å². The highest BCUT2D eigenvalue weighted by molar-refractivity contribution is 5.90. The second kappa shape index (κ2) is 9.53. The van der Waals surface area contributed by atoms with E-state index in [9.17, 15) is 14.4 Å². The minimum Gasteiger partial charge on any atom is -0.480 e. The number of guanidine groups is 1. The normalized spacial score (nSPS) is 12.9. The van der Waals surface area contributed by atoms with Crippen LogP contribution in [0.1, 0.15) is 19.8 Å². The van der Waals surface area contributed by atoms with Crippen LogP contribution in [0.25, 0.3) is 0 Å². The highest BCUT2D eigenvalue weighted by Gasteiger charge is 2.19. The van der Waals surface area contributed by atoms with Gasteiger partial charge in [0.25, 0.3) is 0 Å². The molecule has 0 unspecified atom stereocenters. The second-order valence-electron chi connectivity index (χ2n) is 4.40. The first-order chi connectivity index (χ1) is 9.73. The first kappa shape index (κ1) is 18.6. The van der Waals surface area contributed by atoms with Gasteiger partial charge >= 0.3 is 5.97 Å². The topological polar surface area (TPSA) is 186 Å². The summed E-state index contributed by atoms with van der Waals surface area (Å²) >= 11 is 0. The lowest BCUT2D eigenvalue weighted by atomic mass is 10.1. The summed E-state index contributed by atoms with van der Waals surface area (Å²) in [6.45, 7) is 1.28. The minimum atomic E-state index is -1.17. The smallest absolute Gasteiger partial charge is 0.322 e. The molecule has 0 spiro atoms. The summed E-state index contributed by atoms with van der Waals surface area (Å²) in [4.78, 5) is 37.2. The third kappa shape index (κ3) is 9.21. The van der Waals surface area contributed by atoms with Gasteiger partial charge in [0.05, 0.1) is 6.04 Å². The molecule has 10 nitrogen and oxygen atoms in total. The molecule has 9 N–H and O–H groups in total. The lowest BCUT2D eigenvalue weighted by Gasteiger charge is -2.16. The van der Waals surface area contributed by atoms with Gasteiger partial charge in [0, 0.05) is 6.54 Å². The van der Waals surface area contributed by atoms with E-state index >= 15 is 0 Å². The Morgan fingerprint density at radius 3 is 2.38 bits per heavy atom. The standard InChI is InChI=1S/C11H22N6O4/c1-6(9(20)16-5-8(18)19)17-10(21)7(12)3-2-4-15-11(13)14/h6-7H,2-5,12H2,1H3,(H,16,20)(H,17,21)(H,18,19)(H4,13,14,15)/t6-,7-/m0/s1. The number of nitrogens with one attached hydrogen (secondary N) is 2. The zero-order chi connectivity index (χ0) is 16.4. The summed E-state index contributed by atoms with van der Waals surface area (Å²) in [6, 6.07) is -1.67. The average Bonchev–Trinajstić information content (AvgIpc) is 2.39. The molecular weight excluding hydrogens is 280 g/mol. The molecule has 0 saturated heterocycles. The van der Waals surface area contributed by atoms with E-state index in [1.807, 2.05) is 0 Å². The predicted octanol–water partition coefficient (Wildman–Crippen LogP) is -2.93. The summed E-state index contributed by atoms with van der Waals surface area (Å²) < 4.78 is 0. The molecule has 2 atom stereocenters. The molecule has 0 aliphatic rings. The van der Waals surface area contributed by atoms with Crippen LogP contribution in [0.2, 0.25) is 0 Å². The van der Waals surface area contributed by atoms with Crippen molar-refractivity contribution in [3.05, 3.63) is 0 Å². The van der Waals surface area contributed by atoms with Crippen LogP contribution in [0, 0.1) is 0 Å². The monoisotopic (exact) mass is 302 g/mol. The van der Waals surface area contributed by atoms with Gasteiger partial charge in [-0.15, -0.1) is 0 Å². The van der Waals surface area contributed by atoms with Gasteiger partial charge in [-0.2, -0.15) is 0 Å². The molecule has 0 aliphatic carbocycles. The molecule has 0 fully saturated rings. The molecule has 120 valence electrons. The predicted molar refractivity (Wildman–Crippen MR) is 76.1 cm³/mol. The van der Waals surface area contributed by atoms with Crippen molar-refractivity contribution in [1.29, 1.82) is 0 Å². The zero-order valence-corrected chi connectivity index (χ0v) is 11.8. The minimum absolute atomic E-state index is 0.0308. The van der Waals surface area contributed by atoms with Crippen LogP contribution in [0.4, 0.5) is 0 Å². The number of hydrogen-bond acceptors (Lipinski definition) is 5. The highest BCUT2D eigenvalue weighted by Crippen LogP contribution is 1.96. The second-order valence-corrected chi connectivity index (χ2v) is 4.40. The summed E-state index contributed by atoms with van der Waals surface area (Å²) in [5.74, 6) is -2.30. The Kier molecular flexibility index (Phi) is 8.46. The van der Waals surface area contributed by atoms with E-state index in [2.05, 4.69) is 15.6 Å². The number of nitrogens with zero attached hydrogens (tertiary/aromatic N) is 1. The lowest BCUT2D eigenvalue weighted by molar-refractivity contribution is -0.138. The van der Waals surface area contributed by atoms with Gasteiger partial charge in [-0.1, -0.05) is 0 Å². The molecule has 0 aliphatic heterocycles. The third-order valence-electron chi connectivity index (χ3n) is 2.47. The molecule has 0 aromatic carbocycles. The largest absolute Gasteiger partial charge is 0.480 e. The van der Waals surface area contributed by atoms with Crippen molar-refractivity contribution >= 4 is 23.7 Å². The molecule has 0 aromatic heterocycles. The van der Waals surface area contributed by atoms with Crippen molar-refractivity contribution < 1.29 is 19.5 Å². The van der Waals surface area contributed by atoms with Gasteiger partial charge in [0.15, 0.2) is 5.96 Å². The number of carbonyl (C=O) groups is 3. The van der Waals surface area contributed by atoms with E-state index in [0.29, 0.717) is 19.4 Å². The van der Waals surface area contributed by atoms with Crippen molar-refractivity contribution in [3.63, 3.8) is 0 Å². The van der Waals surface area contributed by atoms with Crippen molar-refractivity contribution in [2.75, 3.05) is 13.1 Å². The fourth-order valence-corrected chi connectivity index (χ4v) is 1.35. The number of aliphatic carboxylic acids is 1. The molecule has 0 bridgehead atoms. The van der Waals surface area contributed by atoms with Gasteiger partial charge in [-0.3, -0.25) is 19.4 Å². The number of hydrogen-bond donors (Lipinski definition) is 6. The first-order valence-corrected chi connectivity index (χ1v) is 6.35. The Hall–Kier alpha value is -2.36. The first-order valence-electron chi connectivity index (χ1n) is 6.35. The summed E-state index contributed by atoms with van der Waals surface area (Å²) in [5.41, 5.74) is 16.0. The summed E-state index contributed by atoms with van der Waals surface area (Å²) in [5, 5.41) is 13.0. The average molecular weight is 302 g/mol. The molecule has 0 aromatic rings. The SMILES string of the molecule is C[C@H](NC(=O)[C@@H](N)CCCN=C(N)N)C(=O)NCC(=O)O.